The van der Waals surface area contributed by atoms with Gasteiger partial charge in [-0.3, -0.25) is 0 Å². The van der Waals surface area contributed by atoms with Crippen molar-refractivity contribution in [1.29, 1.82) is 0 Å². The van der Waals surface area contributed by atoms with E-state index in [9.17, 15) is 8.42 Å². The number of pyridine rings is 1. The third kappa shape index (κ3) is 4.70. The fourth-order valence-electron chi connectivity index (χ4n) is 2.53. The SMILES string of the molecule is COc1ccc(Br)cc1CN(Cc1ccco1)S(=O)(=O)c1ccc(Cl)nc1. The van der Waals surface area contributed by atoms with Gasteiger partial charge in [-0.1, -0.05) is 27.5 Å². The monoisotopic (exact) mass is 470 g/mol. The van der Waals surface area contributed by atoms with Crippen LogP contribution >= 0.6 is 27.5 Å². The van der Waals surface area contributed by atoms with Crippen LogP contribution in [-0.2, 0) is 23.1 Å². The van der Waals surface area contributed by atoms with Gasteiger partial charge in [0.2, 0.25) is 10.0 Å². The Bertz CT molecular complexity index is 1010. The van der Waals surface area contributed by atoms with Gasteiger partial charge in [0.1, 0.15) is 21.6 Å². The Morgan fingerprint density at radius 1 is 1.22 bits per heavy atom. The Kier molecular flexibility index (Phi) is 6.21. The number of halogens is 2. The summed E-state index contributed by atoms with van der Waals surface area (Å²) < 4.78 is 39.3. The minimum absolute atomic E-state index is 0.0485. The maximum Gasteiger partial charge on any atom is 0.245 e. The van der Waals surface area contributed by atoms with Gasteiger partial charge in [-0.05, 0) is 42.5 Å². The molecule has 0 aliphatic heterocycles. The van der Waals surface area contributed by atoms with Crippen molar-refractivity contribution in [3.63, 3.8) is 0 Å². The van der Waals surface area contributed by atoms with Crippen molar-refractivity contribution in [3.8, 4) is 5.75 Å². The summed E-state index contributed by atoms with van der Waals surface area (Å²) in [4.78, 5) is 3.93. The number of sulfonamides is 1. The van der Waals surface area contributed by atoms with Crippen LogP contribution in [0.2, 0.25) is 5.15 Å². The van der Waals surface area contributed by atoms with Crippen LogP contribution in [0.25, 0.3) is 0 Å². The second kappa shape index (κ2) is 8.43. The largest absolute Gasteiger partial charge is 0.496 e. The van der Waals surface area contributed by atoms with Crippen LogP contribution in [0.1, 0.15) is 11.3 Å². The van der Waals surface area contributed by atoms with Gasteiger partial charge < -0.3 is 9.15 Å². The molecule has 9 heteroatoms. The van der Waals surface area contributed by atoms with Gasteiger partial charge in [-0.15, -0.1) is 0 Å². The first kappa shape index (κ1) is 19.9. The van der Waals surface area contributed by atoms with E-state index in [0.29, 0.717) is 17.1 Å². The summed E-state index contributed by atoms with van der Waals surface area (Å²) in [5.41, 5.74) is 0.712. The van der Waals surface area contributed by atoms with Gasteiger partial charge in [-0.25, -0.2) is 13.4 Å². The molecule has 142 valence electrons. The molecule has 0 bridgehead atoms. The molecule has 2 heterocycles. The van der Waals surface area contributed by atoms with E-state index in [2.05, 4.69) is 20.9 Å². The minimum Gasteiger partial charge on any atom is -0.496 e. The zero-order valence-electron chi connectivity index (χ0n) is 14.3. The smallest absolute Gasteiger partial charge is 0.245 e. The lowest BCUT2D eigenvalue weighted by Gasteiger charge is -2.22. The van der Waals surface area contributed by atoms with Gasteiger partial charge >= 0.3 is 0 Å². The molecule has 6 nitrogen and oxygen atoms in total. The molecular weight excluding hydrogens is 456 g/mol. The fourth-order valence-corrected chi connectivity index (χ4v) is 4.38. The summed E-state index contributed by atoms with van der Waals surface area (Å²) in [6.45, 7) is 0.155. The number of furan rings is 1. The van der Waals surface area contributed by atoms with Crippen molar-refractivity contribution in [2.24, 2.45) is 0 Å². The minimum atomic E-state index is -3.85. The topological polar surface area (TPSA) is 72.6 Å². The summed E-state index contributed by atoms with van der Waals surface area (Å²) in [5, 5.41) is 0.222. The van der Waals surface area contributed by atoms with E-state index >= 15 is 0 Å². The number of methoxy groups -OCH3 is 1. The lowest BCUT2D eigenvalue weighted by Crippen LogP contribution is -2.30. The van der Waals surface area contributed by atoms with Crippen molar-refractivity contribution >= 4 is 37.6 Å². The van der Waals surface area contributed by atoms with Gasteiger partial charge in [0.05, 0.1) is 19.9 Å². The predicted molar refractivity (Wildman–Crippen MR) is 105 cm³/mol. The first-order chi connectivity index (χ1) is 12.9. The van der Waals surface area contributed by atoms with Crippen molar-refractivity contribution in [1.82, 2.24) is 9.29 Å². The molecule has 0 amide bonds. The average molecular weight is 472 g/mol. The molecule has 3 aromatic rings. The normalized spacial score (nSPS) is 11.7. The molecular formula is C18H16BrClN2O4S. The molecule has 0 fully saturated rings. The van der Waals surface area contributed by atoms with E-state index in [1.807, 2.05) is 12.1 Å². The molecule has 0 radical (unpaired) electrons. The lowest BCUT2D eigenvalue weighted by atomic mass is 10.2. The van der Waals surface area contributed by atoms with Gasteiger partial charge in [0.25, 0.3) is 0 Å². The fraction of sp³-hybridized carbons (Fsp3) is 0.167. The Labute approximate surface area is 170 Å². The van der Waals surface area contributed by atoms with Crippen LogP contribution in [0.3, 0.4) is 0 Å². The van der Waals surface area contributed by atoms with Crippen molar-refractivity contribution in [2.45, 2.75) is 18.0 Å². The third-order valence-electron chi connectivity index (χ3n) is 3.84. The van der Waals surface area contributed by atoms with Crippen LogP contribution in [-0.4, -0.2) is 24.8 Å². The molecule has 0 saturated heterocycles. The quantitative estimate of drug-likeness (QED) is 0.475. The first-order valence-corrected chi connectivity index (χ1v) is 10.5. The Morgan fingerprint density at radius 3 is 2.67 bits per heavy atom. The molecule has 3 rings (SSSR count). The number of hydrogen-bond acceptors (Lipinski definition) is 5. The van der Waals surface area contributed by atoms with Crippen LogP contribution < -0.4 is 4.74 Å². The zero-order chi connectivity index (χ0) is 19.4. The molecule has 0 aliphatic carbocycles. The number of aromatic nitrogens is 1. The summed E-state index contributed by atoms with van der Waals surface area (Å²) in [7, 11) is -2.31. The molecule has 0 atom stereocenters. The predicted octanol–water partition coefficient (Wildman–Crippen LogP) is 4.49. The van der Waals surface area contributed by atoms with Crippen LogP contribution in [0, 0.1) is 0 Å². The molecule has 0 unspecified atom stereocenters. The maximum absolute atomic E-state index is 13.2. The Morgan fingerprint density at radius 2 is 2.04 bits per heavy atom. The standard InChI is InChI=1S/C18H16BrClN2O4S/c1-25-17-6-4-14(19)9-13(17)11-22(12-15-3-2-8-26-15)27(23,24)16-5-7-18(20)21-10-16/h2-10H,11-12H2,1H3. The lowest BCUT2D eigenvalue weighted by molar-refractivity contribution is 0.348. The van der Waals surface area contributed by atoms with Gasteiger partial charge in [-0.2, -0.15) is 4.31 Å². The van der Waals surface area contributed by atoms with Gasteiger partial charge in [0.15, 0.2) is 0 Å². The highest BCUT2D eigenvalue weighted by Gasteiger charge is 2.27. The zero-order valence-corrected chi connectivity index (χ0v) is 17.5. The number of ether oxygens (including phenoxy) is 1. The van der Waals surface area contributed by atoms with Crippen LogP contribution in [0.4, 0.5) is 0 Å². The summed E-state index contributed by atoms with van der Waals surface area (Å²) >= 11 is 9.20. The molecule has 0 aliphatic rings. The van der Waals surface area contributed by atoms with Crippen molar-refractivity contribution in [2.75, 3.05) is 7.11 Å². The van der Waals surface area contributed by atoms with E-state index in [-0.39, 0.29) is 23.1 Å². The van der Waals surface area contributed by atoms with E-state index in [1.165, 1.54) is 28.9 Å². The Hall–Kier alpha value is -1.87. The van der Waals surface area contributed by atoms with E-state index in [1.54, 1.807) is 25.3 Å². The van der Waals surface area contributed by atoms with Gasteiger partial charge in [0, 0.05) is 22.8 Å². The van der Waals surface area contributed by atoms with Crippen LogP contribution in [0.5, 0.6) is 5.75 Å². The highest BCUT2D eigenvalue weighted by Crippen LogP contribution is 2.28. The van der Waals surface area contributed by atoms with Crippen molar-refractivity contribution < 1.29 is 17.6 Å². The second-order valence-corrected chi connectivity index (χ2v) is 8.87. The number of rotatable bonds is 7. The molecule has 2 aromatic heterocycles. The molecule has 0 saturated carbocycles. The van der Waals surface area contributed by atoms with E-state index in [4.69, 9.17) is 20.8 Å². The summed E-state index contributed by atoms with van der Waals surface area (Å²) in [5.74, 6) is 1.11. The third-order valence-corrected chi connectivity index (χ3v) is 6.33. The molecule has 27 heavy (non-hydrogen) atoms. The average Bonchev–Trinajstić information content (AvgIpc) is 3.15. The van der Waals surface area contributed by atoms with E-state index in [0.717, 1.165) is 4.47 Å². The Balaban J connectivity index is 2.01. The van der Waals surface area contributed by atoms with E-state index < -0.39 is 10.0 Å². The summed E-state index contributed by atoms with van der Waals surface area (Å²) in [6.07, 6.45) is 2.74. The van der Waals surface area contributed by atoms with Crippen LogP contribution in [0.15, 0.2) is 68.7 Å². The number of hydrogen-bond donors (Lipinski definition) is 0. The highest BCUT2D eigenvalue weighted by atomic mass is 79.9. The molecule has 1 aromatic carbocycles. The van der Waals surface area contributed by atoms with Crippen molar-refractivity contribution in [3.05, 3.63) is 75.9 Å². The molecule has 0 spiro atoms. The summed E-state index contributed by atoms with van der Waals surface area (Å²) in [6, 6.07) is 11.7. The highest BCUT2D eigenvalue weighted by molar-refractivity contribution is 9.10. The maximum atomic E-state index is 13.2. The number of nitrogens with zero attached hydrogens (tertiary/aromatic N) is 2. The second-order valence-electron chi connectivity index (χ2n) is 5.63. The first-order valence-electron chi connectivity index (χ1n) is 7.86. The molecule has 0 N–H and O–H groups in total. The number of benzene rings is 1.